The molecule has 2 aromatic heterocycles. The van der Waals surface area contributed by atoms with E-state index in [1.54, 1.807) is 0 Å². The first kappa shape index (κ1) is 22.2. The Labute approximate surface area is 187 Å². The summed E-state index contributed by atoms with van der Waals surface area (Å²) >= 11 is 0. The molecule has 4 heterocycles. The highest BCUT2D eigenvalue weighted by atomic mass is 19.1. The quantitative estimate of drug-likeness (QED) is 0.760. The van der Waals surface area contributed by atoms with Crippen LogP contribution in [0.25, 0.3) is 0 Å². The number of nitrogens with zero attached hydrogens (tertiary/aromatic N) is 5. The van der Waals surface area contributed by atoms with Crippen LogP contribution in [0, 0.1) is 5.82 Å². The largest absolute Gasteiger partial charge is 0.321 e. The number of carbonyl (C=O) groups is 2. The zero-order valence-electron chi connectivity index (χ0n) is 19.1. The molecule has 9 nitrogen and oxygen atoms in total. The maximum atomic E-state index is 13.6. The van der Waals surface area contributed by atoms with Crippen molar-refractivity contribution in [3.63, 3.8) is 0 Å². The third-order valence-corrected chi connectivity index (χ3v) is 6.66. The third kappa shape index (κ3) is 3.72. The number of pyridine rings is 1. The van der Waals surface area contributed by atoms with Crippen molar-refractivity contribution in [1.82, 2.24) is 29.9 Å². The highest BCUT2D eigenvalue weighted by molar-refractivity contribution is 6.02. The molecule has 0 radical (unpaired) electrons. The fourth-order valence-electron chi connectivity index (χ4n) is 4.67. The number of piperazine rings is 1. The van der Waals surface area contributed by atoms with Crippen LogP contribution in [-0.4, -0.2) is 73.5 Å². The molecule has 4 rings (SSSR count). The average molecular weight is 444 g/mol. The summed E-state index contributed by atoms with van der Waals surface area (Å²) in [6, 6.07) is 2.88. The molecule has 2 aliphatic rings. The highest BCUT2D eigenvalue weighted by Crippen LogP contribution is 2.41. The number of aromatic nitrogens is 3. The van der Waals surface area contributed by atoms with Crippen LogP contribution < -0.4 is 5.32 Å². The maximum Gasteiger partial charge on any atom is 0.321 e. The second kappa shape index (κ2) is 8.16. The lowest BCUT2D eigenvalue weighted by Gasteiger charge is -2.46. The molecule has 2 aromatic rings. The van der Waals surface area contributed by atoms with Gasteiger partial charge in [0.05, 0.1) is 24.0 Å². The predicted molar refractivity (Wildman–Crippen MR) is 118 cm³/mol. The van der Waals surface area contributed by atoms with Gasteiger partial charge in [0.1, 0.15) is 11.5 Å². The Morgan fingerprint density at radius 3 is 2.66 bits per heavy atom. The molecule has 3 amide bonds. The van der Waals surface area contributed by atoms with E-state index in [2.05, 4.69) is 46.2 Å². The van der Waals surface area contributed by atoms with Crippen molar-refractivity contribution in [3.05, 3.63) is 41.1 Å². The minimum Gasteiger partial charge on any atom is -0.319 e. The van der Waals surface area contributed by atoms with Crippen LogP contribution in [-0.2, 0) is 12.1 Å². The standard InChI is InChI=1S/C22H30FN7O2/c1-6-28-10-14(3)29(11-13(28)2)21(32)30-12-16-18(22(30,4)5)26-27-19(16)25-20(31)17-8-7-15(23)9-24-17/h7-9,13-14H,6,10-12H2,1-5H3,(H2,25,26,27,31)/t13?,14-/m0/s1. The SMILES string of the molecule is CCN1C[C@H](C)N(C(=O)N2Cc3c(NC(=O)c4ccc(F)cn4)n[nH]c3C2(C)C)CC1C. The summed E-state index contributed by atoms with van der Waals surface area (Å²) in [5.41, 5.74) is 1.04. The van der Waals surface area contributed by atoms with E-state index in [0.29, 0.717) is 24.9 Å². The molecule has 2 atom stereocenters. The summed E-state index contributed by atoms with van der Waals surface area (Å²) < 4.78 is 13.1. The number of nitrogens with one attached hydrogen (secondary N) is 2. The molecule has 1 unspecified atom stereocenters. The lowest BCUT2D eigenvalue weighted by Crippen LogP contribution is -2.61. The Hall–Kier alpha value is -3.01. The lowest BCUT2D eigenvalue weighted by atomic mass is 10.0. The van der Waals surface area contributed by atoms with E-state index in [1.807, 2.05) is 23.6 Å². The first-order valence-electron chi connectivity index (χ1n) is 11.0. The second-order valence-corrected chi connectivity index (χ2v) is 9.11. The Balaban J connectivity index is 1.53. The zero-order chi connectivity index (χ0) is 23.2. The van der Waals surface area contributed by atoms with Crippen LogP contribution in [0.2, 0.25) is 0 Å². The van der Waals surface area contributed by atoms with Crippen molar-refractivity contribution in [2.45, 2.75) is 58.8 Å². The van der Waals surface area contributed by atoms with Gasteiger partial charge in [-0.2, -0.15) is 5.10 Å². The van der Waals surface area contributed by atoms with E-state index in [1.165, 1.54) is 12.1 Å². The van der Waals surface area contributed by atoms with Gasteiger partial charge in [-0.15, -0.1) is 0 Å². The van der Waals surface area contributed by atoms with Gasteiger partial charge in [-0.3, -0.25) is 14.8 Å². The molecule has 172 valence electrons. The van der Waals surface area contributed by atoms with Gasteiger partial charge in [-0.1, -0.05) is 6.92 Å². The molecular formula is C22H30FN7O2. The number of halogens is 1. The average Bonchev–Trinajstić information content (AvgIpc) is 3.27. The number of amides is 3. The van der Waals surface area contributed by atoms with E-state index < -0.39 is 17.3 Å². The zero-order valence-corrected chi connectivity index (χ0v) is 19.1. The Morgan fingerprint density at radius 2 is 2.00 bits per heavy atom. The number of H-pyrrole nitrogens is 1. The summed E-state index contributed by atoms with van der Waals surface area (Å²) in [5, 5.41) is 9.99. The second-order valence-electron chi connectivity index (χ2n) is 9.11. The van der Waals surface area contributed by atoms with E-state index in [0.717, 1.165) is 30.5 Å². The van der Waals surface area contributed by atoms with Crippen LogP contribution in [0.4, 0.5) is 15.0 Å². The number of fused-ring (bicyclic) bond motifs is 1. The topological polar surface area (TPSA) is 97.5 Å². The fraction of sp³-hybridized carbons (Fsp3) is 0.545. The normalized spacial score (nSPS) is 22.7. The maximum absolute atomic E-state index is 13.6. The van der Waals surface area contributed by atoms with Crippen LogP contribution in [0.5, 0.6) is 0 Å². The van der Waals surface area contributed by atoms with Crippen LogP contribution in [0.15, 0.2) is 18.3 Å². The van der Waals surface area contributed by atoms with Crippen molar-refractivity contribution in [1.29, 1.82) is 0 Å². The third-order valence-electron chi connectivity index (χ3n) is 6.66. The number of anilines is 1. The van der Waals surface area contributed by atoms with Gasteiger partial charge in [0.15, 0.2) is 5.82 Å². The molecule has 10 heteroatoms. The molecule has 2 aliphatic heterocycles. The van der Waals surface area contributed by atoms with Crippen molar-refractivity contribution >= 4 is 17.8 Å². The number of rotatable bonds is 3. The lowest BCUT2D eigenvalue weighted by molar-refractivity contribution is 0.0373. The van der Waals surface area contributed by atoms with Crippen molar-refractivity contribution in [2.24, 2.45) is 0 Å². The van der Waals surface area contributed by atoms with Crippen molar-refractivity contribution in [2.75, 3.05) is 25.0 Å². The van der Waals surface area contributed by atoms with Gasteiger partial charge < -0.3 is 15.1 Å². The van der Waals surface area contributed by atoms with Crippen LogP contribution in [0.1, 0.15) is 56.4 Å². The first-order valence-corrected chi connectivity index (χ1v) is 11.0. The molecule has 2 N–H and O–H groups in total. The van der Waals surface area contributed by atoms with Gasteiger partial charge in [0, 0.05) is 30.7 Å². The molecular weight excluding hydrogens is 413 g/mol. The Kier molecular flexibility index (Phi) is 5.66. The fourth-order valence-corrected chi connectivity index (χ4v) is 4.67. The van der Waals surface area contributed by atoms with Gasteiger partial charge >= 0.3 is 6.03 Å². The van der Waals surface area contributed by atoms with Gasteiger partial charge in [0.25, 0.3) is 5.91 Å². The molecule has 32 heavy (non-hydrogen) atoms. The van der Waals surface area contributed by atoms with E-state index >= 15 is 0 Å². The monoisotopic (exact) mass is 443 g/mol. The smallest absolute Gasteiger partial charge is 0.319 e. The number of carbonyl (C=O) groups excluding carboxylic acids is 2. The number of hydrogen-bond donors (Lipinski definition) is 2. The van der Waals surface area contributed by atoms with Gasteiger partial charge in [0.2, 0.25) is 0 Å². The summed E-state index contributed by atoms with van der Waals surface area (Å²) in [5.74, 6) is -0.641. The molecule has 0 bridgehead atoms. The number of likely N-dealkylation sites (N-methyl/N-ethyl adjacent to an activating group) is 1. The number of aromatic amines is 1. The van der Waals surface area contributed by atoms with Crippen LogP contribution >= 0.6 is 0 Å². The van der Waals surface area contributed by atoms with Gasteiger partial charge in [-0.25, -0.2) is 14.2 Å². The van der Waals surface area contributed by atoms with Crippen LogP contribution in [0.3, 0.4) is 0 Å². The minimum atomic E-state index is -0.610. The summed E-state index contributed by atoms with van der Waals surface area (Å²) in [4.78, 5) is 36.1. The first-order chi connectivity index (χ1) is 15.1. The summed E-state index contributed by atoms with van der Waals surface area (Å²) in [6.45, 7) is 13.1. The number of hydrogen-bond acceptors (Lipinski definition) is 5. The molecule has 0 aromatic carbocycles. The van der Waals surface area contributed by atoms with Gasteiger partial charge in [-0.05, 0) is 46.4 Å². The summed E-state index contributed by atoms with van der Waals surface area (Å²) in [7, 11) is 0. The Bertz CT molecular complexity index is 1020. The molecule has 1 fully saturated rings. The molecule has 1 saturated heterocycles. The Morgan fingerprint density at radius 1 is 1.25 bits per heavy atom. The van der Waals surface area contributed by atoms with E-state index in [9.17, 15) is 14.0 Å². The molecule has 0 aliphatic carbocycles. The van der Waals surface area contributed by atoms with E-state index in [-0.39, 0.29) is 17.8 Å². The summed E-state index contributed by atoms with van der Waals surface area (Å²) in [6.07, 6.45) is 0.994. The number of urea groups is 1. The molecule has 0 spiro atoms. The molecule has 0 saturated carbocycles. The highest BCUT2D eigenvalue weighted by Gasteiger charge is 2.46. The van der Waals surface area contributed by atoms with E-state index in [4.69, 9.17) is 0 Å². The van der Waals surface area contributed by atoms with Crippen molar-refractivity contribution in [3.8, 4) is 0 Å². The van der Waals surface area contributed by atoms with Crippen molar-refractivity contribution < 1.29 is 14.0 Å². The predicted octanol–water partition coefficient (Wildman–Crippen LogP) is 2.78. The minimum absolute atomic E-state index is 0.0211.